The molecule has 7 heteroatoms. The number of hydrogen-bond acceptors (Lipinski definition) is 4. The van der Waals surface area contributed by atoms with E-state index in [2.05, 4.69) is 10.3 Å². The number of halogens is 2. The second kappa shape index (κ2) is 9.23. The predicted octanol–water partition coefficient (Wildman–Crippen LogP) is 3.86. The van der Waals surface area contributed by atoms with Crippen molar-refractivity contribution in [3.63, 3.8) is 0 Å². The van der Waals surface area contributed by atoms with Gasteiger partial charge in [-0.15, -0.1) is 0 Å². The number of carbonyl (C=O) groups excluding carboxylic acids is 1. The number of carbonyl (C=O) groups is 1. The van der Waals surface area contributed by atoms with E-state index in [9.17, 15) is 13.6 Å². The molecular formula is C21H20F2N2O3. The summed E-state index contributed by atoms with van der Waals surface area (Å²) in [5.74, 6) is -2.41. The fourth-order valence-electron chi connectivity index (χ4n) is 2.71. The Hall–Kier alpha value is -3.06. The Morgan fingerprint density at radius 1 is 1.14 bits per heavy atom. The SMILES string of the molecule is COCCCOc1c(F)ccc(CNC(=O)c2ccc3ncccc3c2)c1F. The van der Waals surface area contributed by atoms with E-state index in [1.807, 2.05) is 6.07 Å². The van der Waals surface area contributed by atoms with Crippen LogP contribution in [0.25, 0.3) is 10.9 Å². The van der Waals surface area contributed by atoms with E-state index >= 15 is 0 Å². The molecule has 0 aliphatic rings. The molecule has 1 N–H and O–H groups in total. The van der Waals surface area contributed by atoms with Crippen LogP contribution in [0.1, 0.15) is 22.3 Å². The summed E-state index contributed by atoms with van der Waals surface area (Å²) in [6.07, 6.45) is 2.18. The maximum absolute atomic E-state index is 14.5. The Labute approximate surface area is 161 Å². The highest BCUT2D eigenvalue weighted by molar-refractivity contribution is 5.97. The molecule has 0 radical (unpaired) electrons. The first-order valence-corrected chi connectivity index (χ1v) is 8.81. The molecule has 5 nitrogen and oxygen atoms in total. The van der Waals surface area contributed by atoms with Gasteiger partial charge in [-0.05, 0) is 30.3 Å². The number of benzene rings is 2. The smallest absolute Gasteiger partial charge is 0.251 e. The first-order chi connectivity index (χ1) is 13.6. The summed E-state index contributed by atoms with van der Waals surface area (Å²) in [5, 5.41) is 3.48. The number of pyridine rings is 1. The van der Waals surface area contributed by atoms with Crippen molar-refractivity contribution in [2.45, 2.75) is 13.0 Å². The van der Waals surface area contributed by atoms with E-state index in [1.165, 1.54) is 13.2 Å². The average molecular weight is 386 g/mol. The predicted molar refractivity (Wildman–Crippen MR) is 101 cm³/mol. The van der Waals surface area contributed by atoms with Crippen LogP contribution in [-0.2, 0) is 11.3 Å². The van der Waals surface area contributed by atoms with Crippen molar-refractivity contribution in [1.82, 2.24) is 10.3 Å². The molecule has 0 aliphatic carbocycles. The van der Waals surface area contributed by atoms with Crippen LogP contribution in [0.15, 0.2) is 48.7 Å². The number of amides is 1. The molecule has 0 unspecified atom stereocenters. The molecule has 0 atom stereocenters. The van der Waals surface area contributed by atoms with Gasteiger partial charge in [0.05, 0.1) is 12.1 Å². The summed E-state index contributed by atoms with van der Waals surface area (Å²) in [7, 11) is 1.54. The van der Waals surface area contributed by atoms with Crippen LogP contribution < -0.4 is 10.1 Å². The summed E-state index contributed by atoms with van der Waals surface area (Å²) in [5.41, 5.74) is 1.34. The van der Waals surface area contributed by atoms with E-state index in [0.29, 0.717) is 18.6 Å². The van der Waals surface area contributed by atoms with Crippen molar-refractivity contribution < 1.29 is 23.0 Å². The molecule has 0 fully saturated rings. The van der Waals surface area contributed by atoms with Crippen molar-refractivity contribution in [2.75, 3.05) is 20.3 Å². The molecule has 0 bridgehead atoms. The maximum atomic E-state index is 14.5. The van der Waals surface area contributed by atoms with Gasteiger partial charge in [0.15, 0.2) is 17.4 Å². The van der Waals surface area contributed by atoms with E-state index in [1.54, 1.807) is 30.5 Å². The molecule has 3 aromatic rings. The Kier molecular flexibility index (Phi) is 6.49. The number of hydrogen-bond donors (Lipinski definition) is 1. The quantitative estimate of drug-likeness (QED) is 0.598. The average Bonchev–Trinajstić information content (AvgIpc) is 2.72. The van der Waals surface area contributed by atoms with Crippen LogP contribution >= 0.6 is 0 Å². The first-order valence-electron chi connectivity index (χ1n) is 8.81. The van der Waals surface area contributed by atoms with Crippen LogP contribution in [0.2, 0.25) is 0 Å². The normalized spacial score (nSPS) is 10.8. The molecule has 0 saturated carbocycles. The summed E-state index contributed by atoms with van der Waals surface area (Å²) < 4.78 is 38.5. The molecule has 2 aromatic carbocycles. The zero-order chi connectivity index (χ0) is 19.9. The number of methoxy groups -OCH3 is 1. The second-order valence-corrected chi connectivity index (χ2v) is 6.14. The second-order valence-electron chi connectivity index (χ2n) is 6.14. The fourth-order valence-corrected chi connectivity index (χ4v) is 2.71. The molecule has 0 saturated heterocycles. The third-order valence-corrected chi connectivity index (χ3v) is 4.17. The molecule has 146 valence electrons. The lowest BCUT2D eigenvalue weighted by molar-refractivity contribution is 0.0950. The first kappa shape index (κ1) is 19.7. The Bertz CT molecular complexity index is 979. The van der Waals surface area contributed by atoms with Crippen LogP contribution in [0.3, 0.4) is 0 Å². The minimum atomic E-state index is -0.819. The van der Waals surface area contributed by atoms with Gasteiger partial charge in [0.1, 0.15) is 0 Å². The summed E-state index contributed by atoms with van der Waals surface area (Å²) in [4.78, 5) is 16.6. The monoisotopic (exact) mass is 386 g/mol. The third-order valence-electron chi connectivity index (χ3n) is 4.17. The van der Waals surface area contributed by atoms with Crippen molar-refractivity contribution in [3.8, 4) is 5.75 Å². The van der Waals surface area contributed by atoms with Gasteiger partial charge in [0, 0.05) is 49.4 Å². The zero-order valence-corrected chi connectivity index (χ0v) is 15.4. The maximum Gasteiger partial charge on any atom is 0.251 e. The lowest BCUT2D eigenvalue weighted by Crippen LogP contribution is -2.23. The van der Waals surface area contributed by atoms with E-state index in [4.69, 9.17) is 9.47 Å². The number of aromatic nitrogens is 1. The third kappa shape index (κ3) is 4.61. The lowest BCUT2D eigenvalue weighted by Gasteiger charge is -2.12. The van der Waals surface area contributed by atoms with Gasteiger partial charge >= 0.3 is 0 Å². The minimum Gasteiger partial charge on any atom is -0.488 e. The number of nitrogens with one attached hydrogen (secondary N) is 1. The largest absolute Gasteiger partial charge is 0.488 e. The van der Waals surface area contributed by atoms with Crippen LogP contribution in [0, 0.1) is 11.6 Å². The summed E-state index contributed by atoms with van der Waals surface area (Å²) >= 11 is 0. The fraction of sp³-hybridized carbons (Fsp3) is 0.238. The van der Waals surface area contributed by atoms with Gasteiger partial charge in [0.25, 0.3) is 5.91 Å². The van der Waals surface area contributed by atoms with E-state index in [0.717, 1.165) is 17.0 Å². The van der Waals surface area contributed by atoms with Crippen molar-refractivity contribution in [1.29, 1.82) is 0 Å². The highest BCUT2D eigenvalue weighted by Gasteiger charge is 2.16. The molecule has 1 aromatic heterocycles. The van der Waals surface area contributed by atoms with Crippen LogP contribution in [0.4, 0.5) is 8.78 Å². The topological polar surface area (TPSA) is 60.5 Å². The number of nitrogens with zero attached hydrogens (tertiary/aromatic N) is 1. The molecule has 1 amide bonds. The van der Waals surface area contributed by atoms with Crippen molar-refractivity contribution in [2.24, 2.45) is 0 Å². The highest BCUT2D eigenvalue weighted by Crippen LogP contribution is 2.25. The number of fused-ring (bicyclic) bond motifs is 1. The van der Waals surface area contributed by atoms with Crippen molar-refractivity contribution >= 4 is 16.8 Å². The summed E-state index contributed by atoms with van der Waals surface area (Å²) in [6.45, 7) is 0.466. The molecular weight excluding hydrogens is 366 g/mol. The molecule has 3 rings (SSSR count). The minimum absolute atomic E-state index is 0.0928. The lowest BCUT2D eigenvalue weighted by atomic mass is 10.1. The Morgan fingerprint density at radius 3 is 2.82 bits per heavy atom. The van der Waals surface area contributed by atoms with Gasteiger partial charge in [-0.25, -0.2) is 8.78 Å². The van der Waals surface area contributed by atoms with Crippen LogP contribution in [0.5, 0.6) is 5.75 Å². The molecule has 0 aliphatic heterocycles. The van der Waals surface area contributed by atoms with Crippen LogP contribution in [-0.4, -0.2) is 31.2 Å². The molecule has 28 heavy (non-hydrogen) atoms. The van der Waals surface area contributed by atoms with E-state index in [-0.39, 0.29) is 24.6 Å². The van der Waals surface area contributed by atoms with E-state index < -0.39 is 17.4 Å². The Morgan fingerprint density at radius 2 is 2.00 bits per heavy atom. The summed E-state index contributed by atoms with van der Waals surface area (Å²) in [6, 6.07) is 11.2. The van der Waals surface area contributed by atoms with Gasteiger partial charge in [-0.2, -0.15) is 0 Å². The highest BCUT2D eigenvalue weighted by atomic mass is 19.1. The molecule has 0 spiro atoms. The standard InChI is InChI=1S/C21H20F2N2O3/c1-27-10-3-11-28-20-17(22)7-5-16(19(20)23)13-25-21(26)15-6-8-18-14(12-15)4-2-9-24-18/h2,4-9,12H,3,10-11,13H2,1H3,(H,25,26). The zero-order valence-electron chi connectivity index (χ0n) is 15.4. The van der Waals surface area contributed by atoms with Gasteiger partial charge in [-0.1, -0.05) is 12.1 Å². The Balaban J connectivity index is 1.68. The number of ether oxygens (including phenoxy) is 2. The van der Waals surface area contributed by atoms with Crippen molar-refractivity contribution in [3.05, 3.63) is 71.4 Å². The van der Waals surface area contributed by atoms with Gasteiger partial charge in [0.2, 0.25) is 0 Å². The van der Waals surface area contributed by atoms with Gasteiger partial charge in [-0.3, -0.25) is 9.78 Å². The number of rotatable bonds is 8. The molecule has 1 heterocycles. The van der Waals surface area contributed by atoms with Gasteiger partial charge < -0.3 is 14.8 Å².